The minimum Gasteiger partial charge on any atom is -0.469 e. The van der Waals surface area contributed by atoms with E-state index in [4.69, 9.17) is 0 Å². The first kappa shape index (κ1) is 13.5. The van der Waals surface area contributed by atoms with Gasteiger partial charge in [-0.3, -0.25) is 4.79 Å². The van der Waals surface area contributed by atoms with E-state index in [1.165, 1.54) is 12.1 Å². The zero-order chi connectivity index (χ0) is 13.1. The summed E-state index contributed by atoms with van der Waals surface area (Å²) in [4.78, 5) is 10.9. The summed E-state index contributed by atoms with van der Waals surface area (Å²) in [6.45, 7) is 0. The molecule has 0 bridgehead atoms. The molecular formula is C11H11F3O3. The van der Waals surface area contributed by atoms with Gasteiger partial charge in [0.25, 0.3) is 0 Å². The molecular weight excluding hydrogens is 237 g/mol. The summed E-state index contributed by atoms with van der Waals surface area (Å²) in [6.07, 6.45) is -6.60. The predicted octanol–water partition coefficient (Wildman–Crippen LogP) is 2.30. The quantitative estimate of drug-likeness (QED) is 0.835. The number of benzene rings is 1. The highest BCUT2D eigenvalue weighted by Crippen LogP contribution is 2.35. The maximum Gasteiger partial charge on any atom is 0.416 e. The predicted molar refractivity (Wildman–Crippen MR) is 53.0 cm³/mol. The fraction of sp³-hybridized carbons (Fsp3) is 0.364. The van der Waals surface area contributed by atoms with Crippen LogP contribution in [0.15, 0.2) is 24.3 Å². The number of aliphatic hydroxyl groups excluding tert-OH is 1. The summed E-state index contributed by atoms with van der Waals surface area (Å²) in [6, 6.07) is 4.58. The van der Waals surface area contributed by atoms with Crippen LogP contribution in [-0.2, 0) is 15.7 Å². The largest absolute Gasteiger partial charge is 0.469 e. The van der Waals surface area contributed by atoms with Crippen molar-refractivity contribution in [2.45, 2.75) is 18.7 Å². The Morgan fingerprint density at radius 2 is 2.00 bits per heavy atom. The SMILES string of the molecule is COC(=O)CC(O)c1ccccc1C(F)(F)F. The van der Waals surface area contributed by atoms with E-state index >= 15 is 0 Å². The van der Waals surface area contributed by atoms with Crippen LogP contribution in [0.2, 0.25) is 0 Å². The first-order valence-corrected chi connectivity index (χ1v) is 4.77. The number of alkyl halides is 3. The van der Waals surface area contributed by atoms with Crippen LogP contribution in [0.5, 0.6) is 0 Å². The van der Waals surface area contributed by atoms with Gasteiger partial charge in [0.1, 0.15) is 0 Å². The number of carbonyl (C=O) groups excluding carboxylic acids is 1. The third-order valence-corrected chi connectivity index (χ3v) is 2.21. The van der Waals surface area contributed by atoms with Crippen molar-refractivity contribution in [3.63, 3.8) is 0 Å². The molecule has 0 amide bonds. The highest BCUT2D eigenvalue weighted by Gasteiger charge is 2.34. The number of carbonyl (C=O) groups is 1. The first-order valence-electron chi connectivity index (χ1n) is 4.77. The fourth-order valence-corrected chi connectivity index (χ4v) is 1.40. The van der Waals surface area contributed by atoms with E-state index in [0.717, 1.165) is 19.2 Å². The monoisotopic (exact) mass is 248 g/mol. The average Bonchev–Trinajstić information content (AvgIpc) is 2.27. The normalized spacial score (nSPS) is 13.2. The van der Waals surface area contributed by atoms with Crippen molar-refractivity contribution in [1.29, 1.82) is 0 Å². The van der Waals surface area contributed by atoms with E-state index < -0.39 is 30.2 Å². The zero-order valence-electron chi connectivity index (χ0n) is 8.99. The molecule has 1 atom stereocenters. The third-order valence-electron chi connectivity index (χ3n) is 2.21. The second-order valence-electron chi connectivity index (χ2n) is 3.38. The van der Waals surface area contributed by atoms with Gasteiger partial charge in [-0.25, -0.2) is 0 Å². The molecule has 0 radical (unpaired) electrons. The summed E-state index contributed by atoms with van der Waals surface area (Å²) in [7, 11) is 1.10. The zero-order valence-corrected chi connectivity index (χ0v) is 8.99. The van der Waals surface area contributed by atoms with Crippen LogP contribution in [0.1, 0.15) is 23.7 Å². The van der Waals surface area contributed by atoms with E-state index in [9.17, 15) is 23.1 Å². The van der Waals surface area contributed by atoms with Gasteiger partial charge in [0.05, 0.1) is 25.2 Å². The molecule has 1 aromatic rings. The van der Waals surface area contributed by atoms with Crippen molar-refractivity contribution < 1.29 is 27.8 Å². The Morgan fingerprint density at radius 1 is 1.41 bits per heavy atom. The lowest BCUT2D eigenvalue weighted by atomic mass is 10.00. The Balaban J connectivity index is 3.01. The van der Waals surface area contributed by atoms with Crippen LogP contribution in [0.3, 0.4) is 0 Å². The van der Waals surface area contributed by atoms with Crippen LogP contribution in [0, 0.1) is 0 Å². The maximum absolute atomic E-state index is 12.6. The van der Waals surface area contributed by atoms with Gasteiger partial charge in [-0.1, -0.05) is 18.2 Å². The Bertz CT molecular complexity index is 401. The van der Waals surface area contributed by atoms with Crippen molar-refractivity contribution in [1.82, 2.24) is 0 Å². The molecule has 0 heterocycles. The maximum atomic E-state index is 12.6. The molecule has 0 aliphatic rings. The molecule has 0 aliphatic heterocycles. The van der Waals surface area contributed by atoms with Crippen molar-refractivity contribution >= 4 is 5.97 Å². The van der Waals surface area contributed by atoms with E-state index in [1.807, 2.05) is 0 Å². The van der Waals surface area contributed by atoms with Gasteiger partial charge in [0.2, 0.25) is 0 Å². The molecule has 94 valence electrons. The standard InChI is InChI=1S/C11H11F3O3/c1-17-10(16)6-9(15)7-4-2-3-5-8(7)11(12,13)14/h2-5,9,15H,6H2,1H3. The number of hydrogen-bond donors (Lipinski definition) is 1. The molecule has 0 saturated heterocycles. The molecule has 17 heavy (non-hydrogen) atoms. The summed E-state index contributed by atoms with van der Waals surface area (Å²) in [5.74, 6) is -0.769. The summed E-state index contributed by atoms with van der Waals surface area (Å²) in [5.41, 5.74) is -1.28. The number of rotatable bonds is 3. The second-order valence-corrected chi connectivity index (χ2v) is 3.38. The van der Waals surface area contributed by atoms with E-state index in [1.54, 1.807) is 0 Å². The number of ether oxygens (including phenoxy) is 1. The smallest absolute Gasteiger partial charge is 0.416 e. The van der Waals surface area contributed by atoms with Crippen LogP contribution in [0.4, 0.5) is 13.2 Å². The van der Waals surface area contributed by atoms with Crippen LogP contribution < -0.4 is 0 Å². The molecule has 0 saturated carbocycles. The highest BCUT2D eigenvalue weighted by atomic mass is 19.4. The molecule has 1 rings (SSSR count). The molecule has 1 N–H and O–H groups in total. The molecule has 0 spiro atoms. The van der Waals surface area contributed by atoms with Crippen molar-refractivity contribution in [2.75, 3.05) is 7.11 Å². The van der Waals surface area contributed by atoms with E-state index in [2.05, 4.69) is 4.74 Å². The molecule has 0 aromatic heterocycles. The summed E-state index contributed by atoms with van der Waals surface area (Å²) < 4.78 is 42.1. The highest BCUT2D eigenvalue weighted by molar-refractivity contribution is 5.70. The molecule has 1 unspecified atom stereocenters. The number of aliphatic hydroxyl groups is 1. The number of halogens is 3. The lowest BCUT2D eigenvalue weighted by Gasteiger charge is -2.16. The van der Waals surface area contributed by atoms with Gasteiger partial charge >= 0.3 is 12.1 Å². The second kappa shape index (κ2) is 5.18. The van der Waals surface area contributed by atoms with Gasteiger partial charge in [-0.05, 0) is 11.6 Å². The van der Waals surface area contributed by atoms with Crippen LogP contribution in [-0.4, -0.2) is 18.2 Å². The number of esters is 1. The summed E-state index contributed by atoms with van der Waals surface area (Å²) >= 11 is 0. The van der Waals surface area contributed by atoms with Crippen molar-refractivity contribution in [2.24, 2.45) is 0 Å². The Labute approximate surface area is 95.8 Å². The van der Waals surface area contributed by atoms with Gasteiger partial charge in [-0.15, -0.1) is 0 Å². The molecule has 3 nitrogen and oxygen atoms in total. The first-order chi connectivity index (χ1) is 7.86. The minimum atomic E-state index is -4.56. The number of methoxy groups -OCH3 is 1. The molecule has 1 aromatic carbocycles. The van der Waals surface area contributed by atoms with Crippen LogP contribution >= 0.6 is 0 Å². The topological polar surface area (TPSA) is 46.5 Å². The van der Waals surface area contributed by atoms with E-state index in [-0.39, 0.29) is 5.56 Å². The molecule has 0 aliphatic carbocycles. The van der Waals surface area contributed by atoms with Gasteiger partial charge in [0, 0.05) is 0 Å². The van der Waals surface area contributed by atoms with Gasteiger partial charge in [-0.2, -0.15) is 13.2 Å². The summed E-state index contributed by atoms with van der Waals surface area (Å²) in [5, 5.41) is 9.57. The Morgan fingerprint density at radius 3 is 2.53 bits per heavy atom. The lowest BCUT2D eigenvalue weighted by Crippen LogP contribution is -2.14. The fourth-order valence-electron chi connectivity index (χ4n) is 1.40. The minimum absolute atomic E-state index is 0.328. The van der Waals surface area contributed by atoms with Gasteiger partial charge in [0.15, 0.2) is 0 Å². The van der Waals surface area contributed by atoms with E-state index in [0.29, 0.717) is 0 Å². The Hall–Kier alpha value is -1.56. The van der Waals surface area contributed by atoms with Gasteiger partial charge < -0.3 is 9.84 Å². The average molecular weight is 248 g/mol. The van der Waals surface area contributed by atoms with Crippen molar-refractivity contribution in [3.05, 3.63) is 35.4 Å². The number of hydrogen-bond acceptors (Lipinski definition) is 3. The van der Waals surface area contributed by atoms with Crippen LogP contribution in [0.25, 0.3) is 0 Å². The molecule has 6 heteroatoms. The molecule has 0 fully saturated rings. The Kier molecular flexibility index (Phi) is 4.11. The van der Waals surface area contributed by atoms with Crippen molar-refractivity contribution in [3.8, 4) is 0 Å². The lowest BCUT2D eigenvalue weighted by molar-refractivity contribution is -0.145. The third kappa shape index (κ3) is 3.45.